The van der Waals surface area contributed by atoms with Crippen LogP contribution in [0.2, 0.25) is 0 Å². The first-order valence-electron chi connectivity index (χ1n) is 5.21. The van der Waals surface area contributed by atoms with Gasteiger partial charge in [0.1, 0.15) is 6.54 Å². The molecule has 2 N–H and O–H groups in total. The Kier molecular flexibility index (Phi) is 6.70. The van der Waals surface area contributed by atoms with Gasteiger partial charge in [0.25, 0.3) is 0 Å². The van der Waals surface area contributed by atoms with Crippen LogP contribution < -0.4 is 5.32 Å². The standard InChI is InChI=1S/C10H20N2O3/c1-4-5-11-6-9(13)12(8(2)3)7-10(14)15/h8,11H,4-7H2,1-3H3,(H,14,15). The van der Waals surface area contributed by atoms with Gasteiger partial charge in [-0.3, -0.25) is 9.59 Å². The Labute approximate surface area is 90.5 Å². The summed E-state index contributed by atoms with van der Waals surface area (Å²) in [5, 5.41) is 11.6. The molecule has 0 fully saturated rings. The molecule has 5 heteroatoms. The van der Waals surface area contributed by atoms with Gasteiger partial charge in [-0.25, -0.2) is 0 Å². The van der Waals surface area contributed by atoms with Crippen molar-refractivity contribution in [3.8, 4) is 0 Å². The van der Waals surface area contributed by atoms with Crippen LogP contribution in [0.15, 0.2) is 0 Å². The zero-order valence-corrected chi connectivity index (χ0v) is 9.62. The van der Waals surface area contributed by atoms with Crippen LogP contribution >= 0.6 is 0 Å². The van der Waals surface area contributed by atoms with Crippen molar-refractivity contribution in [3.05, 3.63) is 0 Å². The highest BCUT2D eigenvalue weighted by molar-refractivity contribution is 5.82. The fourth-order valence-corrected chi connectivity index (χ4v) is 1.18. The minimum Gasteiger partial charge on any atom is -0.480 e. The molecule has 0 radical (unpaired) electrons. The molecule has 0 aromatic carbocycles. The smallest absolute Gasteiger partial charge is 0.323 e. The van der Waals surface area contributed by atoms with E-state index in [0.717, 1.165) is 13.0 Å². The molecule has 0 aromatic heterocycles. The fourth-order valence-electron chi connectivity index (χ4n) is 1.18. The zero-order valence-electron chi connectivity index (χ0n) is 9.62. The molecule has 0 heterocycles. The van der Waals surface area contributed by atoms with E-state index in [4.69, 9.17) is 5.11 Å². The van der Waals surface area contributed by atoms with Crippen molar-refractivity contribution in [3.63, 3.8) is 0 Å². The van der Waals surface area contributed by atoms with Crippen LogP contribution in [0.4, 0.5) is 0 Å². The molecular weight excluding hydrogens is 196 g/mol. The Morgan fingerprint density at radius 1 is 1.40 bits per heavy atom. The number of nitrogens with zero attached hydrogens (tertiary/aromatic N) is 1. The van der Waals surface area contributed by atoms with Crippen LogP contribution in [-0.4, -0.2) is 47.6 Å². The summed E-state index contributed by atoms with van der Waals surface area (Å²) < 4.78 is 0. The lowest BCUT2D eigenvalue weighted by Crippen LogP contribution is -2.45. The van der Waals surface area contributed by atoms with E-state index in [1.54, 1.807) is 13.8 Å². The molecule has 5 nitrogen and oxygen atoms in total. The minimum atomic E-state index is -0.979. The monoisotopic (exact) mass is 216 g/mol. The Morgan fingerprint density at radius 3 is 2.40 bits per heavy atom. The molecule has 0 bridgehead atoms. The van der Waals surface area contributed by atoms with Crippen molar-refractivity contribution < 1.29 is 14.7 Å². The van der Waals surface area contributed by atoms with E-state index in [-0.39, 0.29) is 25.0 Å². The van der Waals surface area contributed by atoms with Gasteiger partial charge >= 0.3 is 5.97 Å². The Hall–Kier alpha value is -1.10. The zero-order chi connectivity index (χ0) is 11.8. The van der Waals surface area contributed by atoms with Crippen LogP contribution in [0.1, 0.15) is 27.2 Å². The highest BCUT2D eigenvalue weighted by atomic mass is 16.4. The highest BCUT2D eigenvalue weighted by Gasteiger charge is 2.18. The Morgan fingerprint density at radius 2 is 2.00 bits per heavy atom. The molecule has 0 atom stereocenters. The summed E-state index contributed by atoms with van der Waals surface area (Å²) in [7, 11) is 0. The molecule has 0 saturated heterocycles. The predicted octanol–water partition coefficient (Wildman–Crippen LogP) is 0.308. The molecule has 0 saturated carbocycles. The number of hydrogen-bond donors (Lipinski definition) is 2. The third-order valence-corrected chi connectivity index (χ3v) is 1.95. The Balaban J connectivity index is 4.11. The average molecular weight is 216 g/mol. The molecule has 0 unspecified atom stereocenters. The van der Waals surface area contributed by atoms with Gasteiger partial charge in [-0.2, -0.15) is 0 Å². The van der Waals surface area contributed by atoms with Crippen molar-refractivity contribution in [2.24, 2.45) is 0 Å². The van der Waals surface area contributed by atoms with Crippen LogP contribution in [0.25, 0.3) is 0 Å². The maximum absolute atomic E-state index is 11.6. The largest absolute Gasteiger partial charge is 0.480 e. The normalized spacial score (nSPS) is 10.4. The number of rotatable bonds is 7. The van der Waals surface area contributed by atoms with Gasteiger partial charge < -0.3 is 15.3 Å². The summed E-state index contributed by atoms with van der Waals surface area (Å²) in [6, 6.07) is -0.0861. The van der Waals surface area contributed by atoms with Gasteiger partial charge in [0.05, 0.1) is 6.54 Å². The second-order valence-corrected chi connectivity index (χ2v) is 3.69. The minimum absolute atomic E-state index is 0.0861. The maximum atomic E-state index is 11.6. The third kappa shape index (κ3) is 6.06. The number of amides is 1. The molecule has 0 aromatic rings. The number of aliphatic carboxylic acids is 1. The van der Waals surface area contributed by atoms with E-state index in [1.165, 1.54) is 4.90 Å². The van der Waals surface area contributed by atoms with Gasteiger partial charge in [-0.1, -0.05) is 6.92 Å². The number of carbonyl (C=O) groups is 2. The number of carboxylic acids is 1. The summed E-state index contributed by atoms with van der Waals surface area (Å²) in [5.74, 6) is -1.15. The molecule has 88 valence electrons. The molecule has 15 heavy (non-hydrogen) atoms. The summed E-state index contributed by atoms with van der Waals surface area (Å²) in [6.45, 7) is 6.37. The number of hydrogen-bond acceptors (Lipinski definition) is 3. The summed E-state index contributed by atoms with van der Waals surface area (Å²) in [4.78, 5) is 23.5. The lowest BCUT2D eigenvalue weighted by Gasteiger charge is -2.24. The Bertz CT molecular complexity index is 217. The van der Waals surface area contributed by atoms with Gasteiger partial charge in [0.15, 0.2) is 0 Å². The van der Waals surface area contributed by atoms with Crippen LogP contribution in [0.5, 0.6) is 0 Å². The maximum Gasteiger partial charge on any atom is 0.323 e. The van der Waals surface area contributed by atoms with Gasteiger partial charge in [-0.15, -0.1) is 0 Å². The molecule has 0 aliphatic carbocycles. The average Bonchev–Trinajstić information content (AvgIpc) is 2.13. The van der Waals surface area contributed by atoms with E-state index >= 15 is 0 Å². The lowest BCUT2D eigenvalue weighted by atomic mass is 10.3. The van der Waals surface area contributed by atoms with Crippen LogP contribution in [0, 0.1) is 0 Å². The molecular formula is C10H20N2O3. The summed E-state index contributed by atoms with van der Waals surface area (Å²) in [5.41, 5.74) is 0. The molecule has 0 spiro atoms. The second kappa shape index (κ2) is 7.23. The van der Waals surface area contributed by atoms with Crippen molar-refractivity contribution in [1.29, 1.82) is 0 Å². The second-order valence-electron chi connectivity index (χ2n) is 3.69. The first-order valence-corrected chi connectivity index (χ1v) is 5.21. The van der Waals surface area contributed by atoms with Crippen molar-refractivity contribution in [2.45, 2.75) is 33.2 Å². The van der Waals surface area contributed by atoms with Crippen molar-refractivity contribution in [2.75, 3.05) is 19.6 Å². The predicted molar refractivity (Wildman–Crippen MR) is 57.6 cm³/mol. The van der Waals surface area contributed by atoms with Crippen LogP contribution in [0.3, 0.4) is 0 Å². The van der Waals surface area contributed by atoms with Gasteiger partial charge in [0.2, 0.25) is 5.91 Å². The molecule has 1 amide bonds. The number of carbonyl (C=O) groups excluding carboxylic acids is 1. The first-order chi connectivity index (χ1) is 6.99. The van der Waals surface area contributed by atoms with E-state index in [1.807, 2.05) is 6.92 Å². The quantitative estimate of drug-likeness (QED) is 0.601. The summed E-state index contributed by atoms with van der Waals surface area (Å²) in [6.07, 6.45) is 0.952. The van der Waals surface area contributed by atoms with Gasteiger partial charge in [-0.05, 0) is 26.8 Å². The van der Waals surface area contributed by atoms with E-state index in [2.05, 4.69) is 5.32 Å². The fraction of sp³-hybridized carbons (Fsp3) is 0.800. The lowest BCUT2D eigenvalue weighted by molar-refractivity contribution is -0.145. The summed E-state index contributed by atoms with van der Waals surface area (Å²) >= 11 is 0. The first kappa shape index (κ1) is 13.9. The van der Waals surface area contributed by atoms with Crippen LogP contribution in [-0.2, 0) is 9.59 Å². The van der Waals surface area contributed by atoms with E-state index in [0.29, 0.717) is 0 Å². The topological polar surface area (TPSA) is 69.6 Å². The number of carboxylic acid groups (broad SMARTS) is 1. The molecule has 0 aliphatic heterocycles. The number of nitrogens with one attached hydrogen (secondary N) is 1. The highest BCUT2D eigenvalue weighted by Crippen LogP contribution is 1.98. The van der Waals surface area contributed by atoms with Gasteiger partial charge in [0, 0.05) is 6.04 Å². The van der Waals surface area contributed by atoms with Crippen molar-refractivity contribution >= 4 is 11.9 Å². The SMILES string of the molecule is CCCNCC(=O)N(CC(=O)O)C(C)C. The van der Waals surface area contributed by atoms with E-state index < -0.39 is 5.97 Å². The molecule has 0 rings (SSSR count). The van der Waals surface area contributed by atoms with Crippen molar-refractivity contribution in [1.82, 2.24) is 10.2 Å². The molecule has 0 aliphatic rings. The third-order valence-electron chi connectivity index (χ3n) is 1.95. The van der Waals surface area contributed by atoms with E-state index in [9.17, 15) is 9.59 Å².